The summed E-state index contributed by atoms with van der Waals surface area (Å²) in [4.78, 5) is 11.7. The number of hydrogen-bond acceptors (Lipinski definition) is 5. The molecule has 1 aromatic heterocycles. The van der Waals surface area contributed by atoms with E-state index < -0.39 is 10.0 Å². The van der Waals surface area contributed by atoms with Crippen LogP contribution in [0.1, 0.15) is 22.4 Å². The van der Waals surface area contributed by atoms with E-state index in [4.69, 9.17) is 5.26 Å². The zero-order valence-electron chi connectivity index (χ0n) is 13.1. The number of fused-ring (bicyclic) bond motifs is 1. The molecule has 0 unspecified atom stereocenters. The maximum Gasteiger partial charge on any atom is 0.266 e. The van der Waals surface area contributed by atoms with Crippen LogP contribution in [0.4, 0.5) is 0 Å². The molecule has 0 saturated carbocycles. The molecule has 7 nitrogen and oxygen atoms in total. The fourth-order valence-electron chi connectivity index (χ4n) is 2.74. The van der Waals surface area contributed by atoms with Gasteiger partial charge >= 0.3 is 0 Å². The van der Waals surface area contributed by atoms with Gasteiger partial charge in [0.25, 0.3) is 5.56 Å². The molecule has 1 aromatic carbocycles. The molecule has 1 aliphatic rings. The van der Waals surface area contributed by atoms with Crippen LogP contribution in [-0.2, 0) is 35.8 Å². The third kappa shape index (κ3) is 3.22. The number of nitrogens with zero attached hydrogens (tertiary/aromatic N) is 4. The van der Waals surface area contributed by atoms with E-state index in [0.29, 0.717) is 29.7 Å². The summed E-state index contributed by atoms with van der Waals surface area (Å²) >= 11 is 0. The molecule has 0 fully saturated rings. The molecular weight excluding hydrogens is 328 g/mol. The summed E-state index contributed by atoms with van der Waals surface area (Å²) in [5.41, 5.74) is 2.16. The van der Waals surface area contributed by atoms with Crippen molar-refractivity contribution in [1.82, 2.24) is 14.1 Å². The Balaban J connectivity index is 1.84. The summed E-state index contributed by atoms with van der Waals surface area (Å²) in [6.07, 6.45) is 0.473. The van der Waals surface area contributed by atoms with Gasteiger partial charge in [0.2, 0.25) is 10.0 Å². The topological polar surface area (TPSA) is 96.1 Å². The number of aryl methyl sites for hydroxylation is 1. The lowest BCUT2D eigenvalue weighted by atomic mass is 10.1. The number of benzene rings is 1. The second kappa shape index (κ2) is 6.19. The Hall–Kier alpha value is -2.50. The fourth-order valence-corrected chi connectivity index (χ4v) is 4.23. The normalized spacial score (nSPS) is 14.8. The van der Waals surface area contributed by atoms with E-state index in [0.717, 1.165) is 5.69 Å². The summed E-state index contributed by atoms with van der Waals surface area (Å²) in [7, 11) is -1.96. The highest BCUT2D eigenvalue weighted by molar-refractivity contribution is 7.88. The molecular formula is C16H16N4O3S. The van der Waals surface area contributed by atoms with Crippen molar-refractivity contribution >= 4 is 10.0 Å². The first kappa shape index (κ1) is 16.4. The van der Waals surface area contributed by atoms with Crippen LogP contribution in [0.25, 0.3) is 0 Å². The van der Waals surface area contributed by atoms with Crippen molar-refractivity contribution in [3.8, 4) is 6.07 Å². The molecule has 0 saturated heterocycles. The maximum absolute atomic E-state index is 12.7. The minimum atomic E-state index is -3.54. The van der Waals surface area contributed by atoms with Gasteiger partial charge in [-0.2, -0.15) is 14.7 Å². The molecule has 24 heavy (non-hydrogen) atoms. The molecule has 124 valence electrons. The van der Waals surface area contributed by atoms with Crippen LogP contribution in [0.5, 0.6) is 0 Å². The largest absolute Gasteiger partial charge is 0.268 e. The van der Waals surface area contributed by atoms with Gasteiger partial charge < -0.3 is 0 Å². The Labute approximate surface area is 139 Å². The maximum atomic E-state index is 12.7. The van der Waals surface area contributed by atoms with Crippen molar-refractivity contribution in [2.45, 2.75) is 18.7 Å². The Morgan fingerprint density at radius 1 is 1.33 bits per heavy atom. The summed E-state index contributed by atoms with van der Waals surface area (Å²) in [5, 5.41) is 13.1. The zero-order valence-corrected chi connectivity index (χ0v) is 14.0. The van der Waals surface area contributed by atoms with E-state index in [1.807, 2.05) is 6.07 Å². The van der Waals surface area contributed by atoms with Gasteiger partial charge in [-0.25, -0.2) is 13.1 Å². The fraction of sp³-hybridized carbons (Fsp3) is 0.312. The van der Waals surface area contributed by atoms with Crippen molar-refractivity contribution < 1.29 is 8.42 Å². The van der Waals surface area contributed by atoms with Gasteiger partial charge in [-0.05, 0) is 23.3 Å². The lowest BCUT2D eigenvalue weighted by molar-refractivity contribution is 0.382. The predicted molar refractivity (Wildman–Crippen MR) is 87.4 cm³/mol. The number of sulfonamides is 1. The van der Waals surface area contributed by atoms with E-state index in [-0.39, 0.29) is 17.9 Å². The zero-order chi connectivity index (χ0) is 17.3. The van der Waals surface area contributed by atoms with Gasteiger partial charge in [-0.1, -0.05) is 12.1 Å². The number of rotatable bonds is 3. The number of hydrogen-bond donors (Lipinski definition) is 0. The van der Waals surface area contributed by atoms with Crippen LogP contribution in [-0.4, -0.2) is 29.0 Å². The molecule has 2 heterocycles. The van der Waals surface area contributed by atoms with Gasteiger partial charge in [-0.15, -0.1) is 0 Å². The van der Waals surface area contributed by atoms with E-state index in [1.54, 1.807) is 31.3 Å². The molecule has 0 N–H and O–H groups in total. The standard InChI is InChI=1S/C16H16N4O3S/c1-19-16(21)8-14-10-20(6-5-15(14)18-19)24(22,23)11-13-4-2-3-12(7-13)9-17/h2-4,7-8H,5-6,10-11H2,1H3. The molecule has 0 amide bonds. The second-order valence-corrected chi connectivity index (χ2v) is 7.70. The minimum Gasteiger partial charge on any atom is -0.268 e. The predicted octanol–water partition coefficient (Wildman–Crippen LogP) is 0.540. The van der Waals surface area contributed by atoms with Crippen LogP contribution in [0.2, 0.25) is 0 Å². The van der Waals surface area contributed by atoms with Crippen molar-refractivity contribution in [3.05, 3.63) is 63.1 Å². The Bertz CT molecular complexity index is 989. The molecule has 0 aliphatic carbocycles. The lowest BCUT2D eigenvalue weighted by Gasteiger charge is -2.27. The van der Waals surface area contributed by atoms with Crippen molar-refractivity contribution in [2.24, 2.45) is 7.05 Å². The summed E-state index contributed by atoms with van der Waals surface area (Å²) < 4.78 is 27.9. The first-order valence-corrected chi connectivity index (χ1v) is 9.03. The molecule has 0 spiro atoms. The summed E-state index contributed by atoms with van der Waals surface area (Å²) in [6, 6.07) is 10.0. The highest BCUT2D eigenvalue weighted by Crippen LogP contribution is 2.21. The lowest BCUT2D eigenvalue weighted by Crippen LogP contribution is -2.38. The van der Waals surface area contributed by atoms with Crippen molar-refractivity contribution in [2.75, 3.05) is 6.54 Å². The summed E-state index contributed by atoms with van der Waals surface area (Å²) in [6.45, 7) is 0.483. The first-order valence-electron chi connectivity index (χ1n) is 7.42. The molecule has 3 rings (SSSR count). The smallest absolute Gasteiger partial charge is 0.266 e. The number of nitriles is 1. The van der Waals surface area contributed by atoms with E-state index in [2.05, 4.69) is 5.10 Å². The van der Waals surface area contributed by atoms with Crippen LogP contribution in [0.3, 0.4) is 0 Å². The van der Waals surface area contributed by atoms with Crippen LogP contribution < -0.4 is 5.56 Å². The molecule has 2 aromatic rings. The van der Waals surface area contributed by atoms with Crippen molar-refractivity contribution in [1.29, 1.82) is 5.26 Å². The highest BCUT2D eigenvalue weighted by Gasteiger charge is 2.28. The van der Waals surface area contributed by atoms with Crippen LogP contribution in [0.15, 0.2) is 35.1 Å². The molecule has 0 atom stereocenters. The minimum absolute atomic E-state index is 0.151. The van der Waals surface area contributed by atoms with E-state index in [1.165, 1.54) is 15.1 Å². The third-order valence-electron chi connectivity index (χ3n) is 4.00. The Kier molecular flexibility index (Phi) is 4.22. The third-order valence-corrected chi connectivity index (χ3v) is 5.80. The van der Waals surface area contributed by atoms with Gasteiger partial charge in [0.15, 0.2) is 0 Å². The quantitative estimate of drug-likeness (QED) is 0.810. The van der Waals surface area contributed by atoms with Gasteiger partial charge in [0.05, 0.1) is 23.1 Å². The molecule has 1 aliphatic heterocycles. The number of aromatic nitrogens is 2. The van der Waals surface area contributed by atoms with Gasteiger partial charge in [-0.3, -0.25) is 4.79 Å². The average molecular weight is 344 g/mol. The van der Waals surface area contributed by atoms with Crippen LogP contribution >= 0.6 is 0 Å². The molecule has 0 bridgehead atoms. The van der Waals surface area contributed by atoms with Crippen LogP contribution in [0, 0.1) is 11.3 Å². The first-order chi connectivity index (χ1) is 11.4. The molecule has 0 radical (unpaired) electrons. The van der Waals surface area contributed by atoms with E-state index >= 15 is 0 Å². The Morgan fingerprint density at radius 3 is 2.88 bits per heavy atom. The van der Waals surface area contributed by atoms with Gasteiger partial charge in [0.1, 0.15) is 0 Å². The van der Waals surface area contributed by atoms with Gasteiger partial charge in [0, 0.05) is 32.6 Å². The van der Waals surface area contributed by atoms with E-state index in [9.17, 15) is 13.2 Å². The second-order valence-electron chi connectivity index (χ2n) is 5.73. The monoisotopic (exact) mass is 344 g/mol. The van der Waals surface area contributed by atoms with Crippen molar-refractivity contribution in [3.63, 3.8) is 0 Å². The Morgan fingerprint density at radius 2 is 2.12 bits per heavy atom. The highest BCUT2D eigenvalue weighted by atomic mass is 32.2. The summed E-state index contributed by atoms with van der Waals surface area (Å²) in [5.74, 6) is -0.171. The average Bonchev–Trinajstić information content (AvgIpc) is 2.55. The SMILES string of the molecule is Cn1nc2c(cc1=O)CN(S(=O)(=O)Cc1cccc(C#N)c1)CC2. The molecule has 8 heteroatoms.